The predicted molar refractivity (Wildman–Crippen MR) is 78.1 cm³/mol. The first kappa shape index (κ1) is 14.6. The molecule has 0 amide bonds. The van der Waals surface area contributed by atoms with Gasteiger partial charge in [0.05, 0.1) is 12.8 Å². The van der Waals surface area contributed by atoms with Gasteiger partial charge in [0.15, 0.2) is 0 Å². The van der Waals surface area contributed by atoms with Crippen LogP contribution >= 0.6 is 0 Å². The van der Waals surface area contributed by atoms with Gasteiger partial charge in [-0.25, -0.2) is 0 Å². The third kappa shape index (κ3) is 4.06. The maximum absolute atomic E-state index is 5.66. The van der Waals surface area contributed by atoms with Gasteiger partial charge in [0.25, 0.3) is 0 Å². The van der Waals surface area contributed by atoms with Gasteiger partial charge in [-0.15, -0.1) is 0 Å². The minimum absolute atomic E-state index is 0.691. The summed E-state index contributed by atoms with van der Waals surface area (Å²) in [4.78, 5) is 4.82. The van der Waals surface area contributed by atoms with E-state index in [4.69, 9.17) is 4.42 Å². The molecule has 4 heteroatoms. The number of furan rings is 1. The molecule has 0 radical (unpaired) electrons. The summed E-state index contributed by atoms with van der Waals surface area (Å²) in [5.74, 6) is 1.13. The Morgan fingerprint density at radius 1 is 1.47 bits per heavy atom. The molecule has 1 saturated heterocycles. The van der Waals surface area contributed by atoms with Gasteiger partial charge in [-0.05, 0) is 39.5 Å². The summed E-state index contributed by atoms with van der Waals surface area (Å²) in [6.07, 6.45) is 4.25. The van der Waals surface area contributed by atoms with E-state index in [-0.39, 0.29) is 0 Å². The van der Waals surface area contributed by atoms with Crippen molar-refractivity contribution < 1.29 is 4.42 Å². The van der Waals surface area contributed by atoms with Crippen LogP contribution in [-0.4, -0.2) is 49.6 Å². The SMILES string of the molecule is CCCNCc1ccoc1CN1CCC(N(C)C)C1. The maximum Gasteiger partial charge on any atom is 0.122 e. The number of likely N-dealkylation sites (tertiary alicyclic amines) is 1. The summed E-state index contributed by atoms with van der Waals surface area (Å²) < 4.78 is 5.66. The molecule has 1 N–H and O–H groups in total. The van der Waals surface area contributed by atoms with E-state index in [1.165, 1.54) is 24.9 Å². The molecule has 1 aliphatic heterocycles. The van der Waals surface area contributed by atoms with Crippen molar-refractivity contribution in [3.05, 3.63) is 23.7 Å². The van der Waals surface area contributed by atoms with Gasteiger partial charge in [-0.3, -0.25) is 4.90 Å². The molecular formula is C15H27N3O. The van der Waals surface area contributed by atoms with Gasteiger partial charge in [0, 0.05) is 31.2 Å². The summed E-state index contributed by atoms with van der Waals surface area (Å²) in [5, 5.41) is 3.44. The molecule has 4 nitrogen and oxygen atoms in total. The lowest BCUT2D eigenvalue weighted by Gasteiger charge is -2.20. The zero-order valence-corrected chi connectivity index (χ0v) is 12.5. The van der Waals surface area contributed by atoms with E-state index >= 15 is 0 Å². The molecule has 1 fully saturated rings. The van der Waals surface area contributed by atoms with Crippen LogP contribution in [0.2, 0.25) is 0 Å². The van der Waals surface area contributed by atoms with Crippen LogP contribution in [0.1, 0.15) is 31.1 Å². The van der Waals surface area contributed by atoms with Crippen LogP contribution in [0.5, 0.6) is 0 Å². The van der Waals surface area contributed by atoms with Crippen LogP contribution < -0.4 is 5.32 Å². The van der Waals surface area contributed by atoms with Gasteiger partial charge in [0.1, 0.15) is 5.76 Å². The molecule has 0 saturated carbocycles. The predicted octanol–water partition coefficient (Wildman–Crippen LogP) is 1.92. The number of hydrogen-bond acceptors (Lipinski definition) is 4. The summed E-state index contributed by atoms with van der Waals surface area (Å²) in [6, 6.07) is 2.79. The van der Waals surface area contributed by atoms with Crippen LogP contribution in [0, 0.1) is 0 Å². The van der Waals surface area contributed by atoms with E-state index in [9.17, 15) is 0 Å². The Kier molecular flexibility index (Phi) is 5.43. The summed E-state index contributed by atoms with van der Waals surface area (Å²) in [6.45, 7) is 7.44. The molecule has 0 aromatic carbocycles. The molecule has 1 atom stereocenters. The van der Waals surface area contributed by atoms with Gasteiger partial charge in [0.2, 0.25) is 0 Å². The van der Waals surface area contributed by atoms with Crippen molar-refractivity contribution in [3.63, 3.8) is 0 Å². The Hall–Kier alpha value is -0.840. The Bertz CT molecular complexity index is 375. The zero-order valence-electron chi connectivity index (χ0n) is 12.5. The number of likely N-dealkylation sites (N-methyl/N-ethyl adjacent to an activating group) is 1. The molecule has 2 rings (SSSR count). The fraction of sp³-hybridized carbons (Fsp3) is 0.733. The summed E-state index contributed by atoms with van der Waals surface area (Å²) in [5.41, 5.74) is 1.31. The van der Waals surface area contributed by atoms with Crippen molar-refractivity contribution in [2.45, 2.75) is 38.9 Å². The minimum Gasteiger partial charge on any atom is -0.468 e. The average molecular weight is 265 g/mol. The smallest absolute Gasteiger partial charge is 0.122 e. The highest BCUT2D eigenvalue weighted by atomic mass is 16.3. The largest absolute Gasteiger partial charge is 0.468 e. The molecule has 1 aromatic rings. The van der Waals surface area contributed by atoms with Gasteiger partial charge < -0.3 is 14.6 Å². The monoisotopic (exact) mass is 265 g/mol. The van der Waals surface area contributed by atoms with Crippen molar-refractivity contribution in [2.75, 3.05) is 33.7 Å². The third-order valence-corrected chi connectivity index (χ3v) is 3.92. The highest BCUT2D eigenvalue weighted by Gasteiger charge is 2.25. The lowest BCUT2D eigenvalue weighted by atomic mass is 10.2. The molecular weight excluding hydrogens is 238 g/mol. The lowest BCUT2D eigenvalue weighted by Crippen LogP contribution is -2.31. The fourth-order valence-electron chi connectivity index (χ4n) is 2.64. The Morgan fingerprint density at radius 3 is 3.00 bits per heavy atom. The lowest BCUT2D eigenvalue weighted by molar-refractivity contribution is 0.251. The summed E-state index contributed by atoms with van der Waals surface area (Å²) >= 11 is 0. The fourth-order valence-corrected chi connectivity index (χ4v) is 2.64. The van der Waals surface area contributed by atoms with E-state index in [0.717, 1.165) is 31.9 Å². The van der Waals surface area contributed by atoms with Crippen molar-refractivity contribution in [2.24, 2.45) is 0 Å². The van der Waals surface area contributed by atoms with Crippen LogP contribution in [-0.2, 0) is 13.1 Å². The molecule has 1 unspecified atom stereocenters. The van der Waals surface area contributed by atoms with Crippen molar-refractivity contribution >= 4 is 0 Å². The van der Waals surface area contributed by atoms with E-state index in [2.05, 4.69) is 42.2 Å². The Labute approximate surface area is 116 Å². The molecule has 19 heavy (non-hydrogen) atoms. The average Bonchev–Trinajstić information content (AvgIpc) is 3.00. The first-order valence-corrected chi connectivity index (χ1v) is 7.35. The highest BCUT2D eigenvalue weighted by molar-refractivity contribution is 5.17. The quantitative estimate of drug-likeness (QED) is 0.763. The van der Waals surface area contributed by atoms with Crippen LogP contribution in [0.3, 0.4) is 0 Å². The van der Waals surface area contributed by atoms with Crippen LogP contribution in [0.4, 0.5) is 0 Å². The second kappa shape index (κ2) is 7.08. The number of nitrogens with zero attached hydrogens (tertiary/aromatic N) is 2. The number of hydrogen-bond donors (Lipinski definition) is 1. The Morgan fingerprint density at radius 2 is 2.32 bits per heavy atom. The van der Waals surface area contributed by atoms with Crippen molar-refractivity contribution in [1.82, 2.24) is 15.1 Å². The standard InChI is InChI=1S/C15H27N3O/c1-4-7-16-10-13-6-9-19-15(13)12-18-8-5-14(11-18)17(2)3/h6,9,14,16H,4-5,7-8,10-12H2,1-3H3. The van der Waals surface area contributed by atoms with E-state index in [1.54, 1.807) is 0 Å². The molecule has 0 bridgehead atoms. The molecule has 1 aromatic heterocycles. The molecule has 0 spiro atoms. The van der Waals surface area contributed by atoms with Crippen molar-refractivity contribution in [3.8, 4) is 0 Å². The second-order valence-corrected chi connectivity index (χ2v) is 5.69. The normalized spacial score (nSPS) is 20.5. The molecule has 2 heterocycles. The van der Waals surface area contributed by atoms with Crippen molar-refractivity contribution in [1.29, 1.82) is 0 Å². The molecule has 1 aliphatic rings. The van der Waals surface area contributed by atoms with Gasteiger partial charge >= 0.3 is 0 Å². The van der Waals surface area contributed by atoms with E-state index in [0.29, 0.717) is 6.04 Å². The van der Waals surface area contributed by atoms with Gasteiger partial charge in [-0.2, -0.15) is 0 Å². The topological polar surface area (TPSA) is 31.7 Å². The van der Waals surface area contributed by atoms with E-state index in [1.807, 2.05) is 6.26 Å². The third-order valence-electron chi connectivity index (χ3n) is 3.92. The molecule has 0 aliphatic carbocycles. The second-order valence-electron chi connectivity index (χ2n) is 5.69. The maximum atomic E-state index is 5.66. The highest BCUT2D eigenvalue weighted by Crippen LogP contribution is 2.19. The van der Waals surface area contributed by atoms with E-state index < -0.39 is 0 Å². The Balaban J connectivity index is 1.84. The first-order chi connectivity index (χ1) is 9.20. The van der Waals surface area contributed by atoms with Crippen LogP contribution in [0.25, 0.3) is 0 Å². The van der Waals surface area contributed by atoms with Crippen LogP contribution in [0.15, 0.2) is 16.7 Å². The minimum atomic E-state index is 0.691. The van der Waals surface area contributed by atoms with Gasteiger partial charge in [-0.1, -0.05) is 6.92 Å². The summed E-state index contributed by atoms with van der Waals surface area (Å²) in [7, 11) is 4.34. The number of rotatable bonds is 7. The number of nitrogens with one attached hydrogen (secondary N) is 1. The molecule has 108 valence electrons. The first-order valence-electron chi connectivity index (χ1n) is 7.35. The zero-order chi connectivity index (χ0) is 13.7.